The van der Waals surface area contributed by atoms with E-state index in [1.807, 2.05) is 18.2 Å². The van der Waals surface area contributed by atoms with E-state index in [0.717, 1.165) is 49.4 Å². The summed E-state index contributed by atoms with van der Waals surface area (Å²) < 4.78 is 11.5. The molecule has 1 unspecified atom stereocenters. The van der Waals surface area contributed by atoms with Gasteiger partial charge in [0, 0.05) is 24.7 Å². The van der Waals surface area contributed by atoms with E-state index in [-0.39, 0.29) is 5.92 Å². The molecule has 1 aromatic rings. The zero-order valence-corrected chi connectivity index (χ0v) is 14.1. The Labute approximate surface area is 138 Å². The Morgan fingerprint density at radius 1 is 1.26 bits per heavy atom. The Kier molecular flexibility index (Phi) is 6.71. The van der Waals surface area contributed by atoms with Crippen LogP contribution in [-0.2, 0) is 11.3 Å². The van der Waals surface area contributed by atoms with E-state index < -0.39 is 5.97 Å². The van der Waals surface area contributed by atoms with E-state index in [1.54, 1.807) is 0 Å². The SMILES string of the molecule is CCCOc1ccc(CN2CCC(C(=O)O)C2)c(OCCC)c1. The van der Waals surface area contributed by atoms with Crippen LogP contribution >= 0.6 is 0 Å². The minimum atomic E-state index is -0.696. The van der Waals surface area contributed by atoms with Gasteiger partial charge in [0.2, 0.25) is 0 Å². The first kappa shape index (κ1) is 17.6. The van der Waals surface area contributed by atoms with Gasteiger partial charge in [0.05, 0.1) is 19.1 Å². The highest BCUT2D eigenvalue weighted by Crippen LogP contribution is 2.28. The Morgan fingerprint density at radius 2 is 2.00 bits per heavy atom. The van der Waals surface area contributed by atoms with Crippen LogP contribution in [0.25, 0.3) is 0 Å². The molecule has 1 heterocycles. The summed E-state index contributed by atoms with van der Waals surface area (Å²) in [5.41, 5.74) is 1.09. The van der Waals surface area contributed by atoms with Crippen molar-refractivity contribution in [2.24, 2.45) is 5.92 Å². The Morgan fingerprint density at radius 3 is 2.65 bits per heavy atom. The van der Waals surface area contributed by atoms with E-state index in [9.17, 15) is 4.79 Å². The molecule has 1 fully saturated rings. The topological polar surface area (TPSA) is 59.0 Å². The van der Waals surface area contributed by atoms with Crippen molar-refractivity contribution >= 4 is 5.97 Å². The molecule has 1 atom stereocenters. The normalized spacial score (nSPS) is 18.1. The summed E-state index contributed by atoms with van der Waals surface area (Å²) >= 11 is 0. The molecule has 1 N–H and O–H groups in total. The van der Waals surface area contributed by atoms with Crippen molar-refractivity contribution in [1.82, 2.24) is 4.90 Å². The summed E-state index contributed by atoms with van der Waals surface area (Å²) in [6.07, 6.45) is 2.64. The smallest absolute Gasteiger partial charge is 0.307 e. The van der Waals surface area contributed by atoms with Crippen LogP contribution in [0.2, 0.25) is 0 Å². The maximum atomic E-state index is 11.1. The van der Waals surface area contributed by atoms with Gasteiger partial charge in [-0.1, -0.05) is 19.9 Å². The second kappa shape index (κ2) is 8.77. The average molecular weight is 321 g/mol. The van der Waals surface area contributed by atoms with Gasteiger partial charge in [-0.2, -0.15) is 0 Å². The lowest BCUT2D eigenvalue weighted by atomic mass is 10.1. The monoisotopic (exact) mass is 321 g/mol. The van der Waals surface area contributed by atoms with E-state index in [4.69, 9.17) is 14.6 Å². The zero-order valence-electron chi connectivity index (χ0n) is 14.1. The number of hydrogen-bond acceptors (Lipinski definition) is 4. The number of hydrogen-bond donors (Lipinski definition) is 1. The Balaban J connectivity index is 2.05. The van der Waals surface area contributed by atoms with Crippen LogP contribution in [0.3, 0.4) is 0 Å². The standard InChI is InChI=1S/C18H27NO4/c1-3-9-22-16-6-5-14(17(11-16)23-10-4-2)12-19-8-7-15(13-19)18(20)21/h5-6,11,15H,3-4,7-10,12-13H2,1-2H3,(H,20,21). The lowest BCUT2D eigenvalue weighted by Gasteiger charge is -2.19. The maximum absolute atomic E-state index is 11.1. The third-order valence-electron chi connectivity index (χ3n) is 3.99. The molecule has 5 heteroatoms. The van der Waals surface area contributed by atoms with Crippen molar-refractivity contribution in [3.63, 3.8) is 0 Å². The van der Waals surface area contributed by atoms with Gasteiger partial charge < -0.3 is 14.6 Å². The van der Waals surface area contributed by atoms with Gasteiger partial charge in [-0.05, 0) is 31.9 Å². The van der Waals surface area contributed by atoms with E-state index in [0.29, 0.717) is 19.8 Å². The van der Waals surface area contributed by atoms with Crippen molar-refractivity contribution in [3.8, 4) is 11.5 Å². The summed E-state index contributed by atoms with van der Waals surface area (Å²) in [7, 11) is 0. The van der Waals surface area contributed by atoms with Crippen LogP contribution < -0.4 is 9.47 Å². The van der Waals surface area contributed by atoms with E-state index >= 15 is 0 Å². The van der Waals surface area contributed by atoms with Gasteiger partial charge in [0.25, 0.3) is 0 Å². The van der Waals surface area contributed by atoms with Gasteiger partial charge in [0.1, 0.15) is 11.5 Å². The lowest BCUT2D eigenvalue weighted by Crippen LogP contribution is -2.23. The highest BCUT2D eigenvalue weighted by molar-refractivity contribution is 5.70. The van der Waals surface area contributed by atoms with E-state index in [2.05, 4.69) is 18.7 Å². The summed E-state index contributed by atoms with van der Waals surface area (Å²) in [6, 6.07) is 5.95. The number of carboxylic acids is 1. The average Bonchev–Trinajstić information content (AvgIpc) is 3.01. The second-order valence-electron chi connectivity index (χ2n) is 6.03. The van der Waals surface area contributed by atoms with Crippen molar-refractivity contribution in [2.45, 2.75) is 39.7 Å². The number of ether oxygens (including phenoxy) is 2. The van der Waals surface area contributed by atoms with Gasteiger partial charge in [-0.15, -0.1) is 0 Å². The highest BCUT2D eigenvalue weighted by atomic mass is 16.5. The fraction of sp³-hybridized carbons (Fsp3) is 0.611. The number of likely N-dealkylation sites (tertiary alicyclic amines) is 1. The van der Waals surface area contributed by atoms with Crippen LogP contribution in [0, 0.1) is 5.92 Å². The molecular formula is C18H27NO4. The lowest BCUT2D eigenvalue weighted by molar-refractivity contribution is -0.141. The molecule has 1 aliphatic heterocycles. The van der Waals surface area contributed by atoms with Gasteiger partial charge in [-0.25, -0.2) is 0 Å². The predicted octanol–water partition coefficient (Wildman–Crippen LogP) is 3.17. The van der Waals surface area contributed by atoms with Crippen LogP contribution in [0.4, 0.5) is 0 Å². The highest BCUT2D eigenvalue weighted by Gasteiger charge is 2.28. The summed E-state index contributed by atoms with van der Waals surface area (Å²) in [6.45, 7) is 7.66. The van der Waals surface area contributed by atoms with Gasteiger partial charge in [-0.3, -0.25) is 9.69 Å². The number of nitrogens with zero attached hydrogens (tertiary/aromatic N) is 1. The molecular weight excluding hydrogens is 294 g/mol. The molecule has 5 nitrogen and oxygen atoms in total. The van der Waals surface area contributed by atoms with Crippen molar-refractivity contribution < 1.29 is 19.4 Å². The van der Waals surface area contributed by atoms with Crippen molar-refractivity contribution in [1.29, 1.82) is 0 Å². The molecule has 23 heavy (non-hydrogen) atoms. The number of aliphatic carboxylic acids is 1. The zero-order chi connectivity index (χ0) is 16.7. The van der Waals surface area contributed by atoms with E-state index in [1.165, 1.54) is 0 Å². The van der Waals surface area contributed by atoms with Gasteiger partial charge in [0.15, 0.2) is 0 Å². The molecule has 0 bridgehead atoms. The largest absolute Gasteiger partial charge is 0.493 e. The molecule has 0 radical (unpaired) electrons. The molecule has 0 aliphatic carbocycles. The minimum absolute atomic E-state index is 0.248. The summed E-state index contributed by atoms with van der Waals surface area (Å²) in [5, 5.41) is 9.12. The third-order valence-corrected chi connectivity index (χ3v) is 3.99. The minimum Gasteiger partial charge on any atom is -0.493 e. The molecule has 1 aliphatic rings. The Bertz CT molecular complexity index is 518. The van der Waals surface area contributed by atoms with Crippen LogP contribution in [0.15, 0.2) is 18.2 Å². The molecule has 2 rings (SSSR count). The van der Waals surface area contributed by atoms with Crippen molar-refractivity contribution in [2.75, 3.05) is 26.3 Å². The Hall–Kier alpha value is -1.75. The molecule has 1 saturated heterocycles. The quantitative estimate of drug-likeness (QED) is 0.757. The molecule has 0 aromatic heterocycles. The summed E-state index contributed by atoms with van der Waals surface area (Å²) in [4.78, 5) is 13.3. The number of carbonyl (C=O) groups is 1. The van der Waals surface area contributed by atoms with Crippen LogP contribution in [0.5, 0.6) is 11.5 Å². The van der Waals surface area contributed by atoms with Crippen LogP contribution in [0.1, 0.15) is 38.7 Å². The first-order valence-corrected chi connectivity index (χ1v) is 8.47. The predicted molar refractivity (Wildman–Crippen MR) is 89.0 cm³/mol. The first-order valence-electron chi connectivity index (χ1n) is 8.47. The molecule has 128 valence electrons. The second-order valence-corrected chi connectivity index (χ2v) is 6.03. The molecule has 0 amide bonds. The number of benzene rings is 1. The van der Waals surface area contributed by atoms with Gasteiger partial charge >= 0.3 is 5.97 Å². The maximum Gasteiger partial charge on any atom is 0.307 e. The fourth-order valence-electron chi connectivity index (χ4n) is 2.74. The van der Waals surface area contributed by atoms with Crippen molar-refractivity contribution in [3.05, 3.63) is 23.8 Å². The molecule has 0 saturated carbocycles. The fourth-order valence-corrected chi connectivity index (χ4v) is 2.74. The third kappa shape index (κ3) is 5.13. The number of rotatable bonds is 9. The van der Waals surface area contributed by atoms with Crippen LogP contribution in [-0.4, -0.2) is 42.3 Å². The molecule has 0 spiro atoms. The number of carboxylic acid groups (broad SMARTS) is 1. The summed E-state index contributed by atoms with van der Waals surface area (Å²) in [5.74, 6) is 0.728. The molecule has 1 aromatic carbocycles. The first-order chi connectivity index (χ1) is 11.1.